The van der Waals surface area contributed by atoms with Gasteiger partial charge in [0.2, 0.25) is 6.39 Å². The standard InChI is InChI=1S/C13H17N3O3/c1-3-18-11-5-4-10(6-12(11)17-2)7-14-8-13-15-9-19-16-13/h4-6,9,14H,3,7-8H2,1-2H3. The molecule has 0 amide bonds. The molecule has 0 radical (unpaired) electrons. The van der Waals surface area contributed by atoms with Gasteiger partial charge in [-0.05, 0) is 24.6 Å². The van der Waals surface area contributed by atoms with Crippen LogP contribution in [-0.4, -0.2) is 23.9 Å². The molecule has 0 aliphatic carbocycles. The van der Waals surface area contributed by atoms with E-state index in [-0.39, 0.29) is 0 Å². The number of benzene rings is 1. The van der Waals surface area contributed by atoms with Gasteiger partial charge in [0, 0.05) is 6.54 Å². The van der Waals surface area contributed by atoms with Crippen molar-refractivity contribution in [1.82, 2.24) is 15.5 Å². The Balaban J connectivity index is 1.93. The van der Waals surface area contributed by atoms with Crippen LogP contribution >= 0.6 is 0 Å². The predicted octanol–water partition coefficient (Wildman–Crippen LogP) is 1.77. The van der Waals surface area contributed by atoms with Gasteiger partial charge in [0.1, 0.15) is 0 Å². The third kappa shape index (κ3) is 3.69. The first-order valence-corrected chi connectivity index (χ1v) is 6.09. The van der Waals surface area contributed by atoms with Gasteiger partial charge in [0.15, 0.2) is 17.3 Å². The van der Waals surface area contributed by atoms with Gasteiger partial charge in [-0.25, -0.2) is 0 Å². The lowest BCUT2D eigenvalue weighted by Gasteiger charge is -2.11. The van der Waals surface area contributed by atoms with Gasteiger partial charge in [-0.3, -0.25) is 0 Å². The molecule has 1 N–H and O–H groups in total. The molecule has 0 aliphatic heterocycles. The fourth-order valence-electron chi connectivity index (χ4n) is 1.69. The van der Waals surface area contributed by atoms with Crippen molar-refractivity contribution >= 4 is 0 Å². The quantitative estimate of drug-likeness (QED) is 0.821. The minimum Gasteiger partial charge on any atom is -0.493 e. The zero-order chi connectivity index (χ0) is 13.5. The van der Waals surface area contributed by atoms with E-state index < -0.39 is 0 Å². The van der Waals surface area contributed by atoms with Crippen LogP contribution in [0.5, 0.6) is 11.5 Å². The van der Waals surface area contributed by atoms with Gasteiger partial charge >= 0.3 is 0 Å². The molecule has 0 atom stereocenters. The van der Waals surface area contributed by atoms with Crippen molar-refractivity contribution in [3.63, 3.8) is 0 Å². The Labute approximate surface area is 111 Å². The molecule has 2 rings (SSSR count). The molecule has 0 unspecified atom stereocenters. The minimum absolute atomic E-state index is 0.562. The highest BCUT2D eigenvalue weighted by atomic mass is 16.5. The van der Waals surface area contributed by atoms with Gasteiger partial charge in [-0.2, -0.15) is 4.98 Å². The summed E-state index contributed by atoms with van der Waals surface area (Å²) < 4.78 is 15.4. The molecule has 0 saturated heterocycles. The summed E-state index contributed by atoms with van der Waals surface area (Å²) in [7, 11) is 1.63. The van der Waals surface area contributed by atoms with E-state index in [9.17, 15) is 0 Å². The first kappa shape index (κ1) is 13.4. The molecule has 0 bridgehead atoms. The van der Waals surface area contributed by atoms with Gasteiger partial charge in [-0.15, -0.1) is 0 Å². The van der Waals surface area contributed by atoms with Crippen molar-refractivity contribution < 1.29 is 14.0 Å². The Morgan fingerprint density at radius 3 is 2.84 bits per heavy atom. The summed E-state index contributed by atoms with van der Waals surface area (Å²) in [5.74, 6) is 2.13. The Kier molecular flexibility index (Phi) is 4.74. The zero-order valence-corrected chi connectivity index (χ0v) is 11.0. The van der Waals surface area contributed by atoms with Crippen molar-refractivity contribution in [3.8, 4) is 11.5 Å². The van der Waals surface area contributed by atoms with E-state index in [4.69, 9.17) is 9.47 Å². The van der Waals surface area contributed by atoms with Crippen molar-refractivity contribution in [3.05, 3.63) is 36.0 Å². The molecular weight excluding hydrogens is 246 g/mol. The molecule has 19 heavy (non-hydrogen) atoms. The van der Waals surface area contributed by atoms with Crippen LogP contribution in [-0.2, 0) is 13.1 Å². The lowest BCUT2D eigenvalue weighted by Crippen LogP contribution is -2.13. The van der Waals surface area contributed by atoms with E-state index in [1.54, 1.807) is 7.11 Å². The smallest absolute Gasteiger partial charge is 0.213 e. The topological polar surface area (TPSA) is 69.4 Å². The number of aromatic nitrogens is 2. The fraction of sp³-hybridized carbons (Fsp3) is 0.385. The largest absolute Gasteiger partial charge is 0.493 e. The second-order valence-corrected chi connectivity index (χ2v) is 3.87. The van der Waals surface area contributed by atoms with E-state index in [0.29, 0.717) is 25.5 Å². The molecule has 1 aromatic heterocycles. The molecule has 0 spiro atoms. The van der Waals surface area contributed by atoms with Crippen LogP contribution in [0.3, 0.4) is 0 Å². The summed E-state index contributed by atoms with van der Waals surface area (Å²) in [4.78, 5) is 3.93. The number of nitrogens with zero attached hydrogens (tertiary/aromatic N) is 2. The van der Waals surface area contributed by atoms with E-state index >= 15 is 0 Å². The van der Waals surface area contributed by atoms with Gasteiger partial charge in [0.05, 0.1) is 20.3 Å². The van der Waals surface area contributed by atoms with Crippen LogP contribution in [0.15, 0.2) is 29.1 Å². The second kappa shape index (κ2) is 6.75. The van der Waals surface area contributed by atoms with E-state index in [0.717, 1.165) is 17.1 Å². The third-order valence-electron chi connectivity index (χ3n) is 2.55. The number of rotatable bonds is 7. The van der Waals surface area contributed by atoms with Crippen LogP contribution in [0.25, 0.3) is 0 Å². The maximum absolute atomic E-state index is 5.47. The van der Waals surface area contributed by atoms with Crippen molar-refractivity contribution in [2.45, 2.75) is 20.0 Å². The summed E-state index contributed by atoms with van der Waals surface area (Å²) in [5.41, 5.74) is 1.10. The number of ether oxygens (including phenoxy) is 2. The second-order valence-electron chi connectivity index (χ2n) is 3.87. The van der Waals surface area contributed by atoms with Crippen LogP contribution in [0, 0.1) is 0 Å². The Morgan fingerprint density at radius 1 is 1.26 bits per heavy atom. The summed E-state index contributed by atoms with van der Waals surface area (Å²) in [6.07, 6.45) is 1.32. The highest BCUT2D eigenvalue weighted by molar-refractivity contribution is 5.42. The lowest BCUT2D eigenvalue weighted by atomic mass is 10.2. The Morgan fingerprint density at radius 2 is 2.16 bits per heavy atom. The maximum atomic E-state index is 5.47. The first-order chi connectivity index (χ1) is 9.33. The lowest BCUT2D eigenvalue weighted by molar-refractivity contribution is 0.310. The average Bonchev–Trinajstić information content (AvgIpc) is 2.94. The zero-order valence-electron chi connectivity index (χ0n) is 11.0. The van der Waals surface area contributed by atoms with E-state index in [2.05, 4.69) is 20.0 Å². The predicted molar refractivity (Wildman–Crippen MR) is 69.0 cm³/mol. The van der Waals surface area contributed by atoms with Crippen LogP contribution in [0.4, 0.5) is 0 Å². The molecule has 2 aromatic rings. The SMILES string of the molecule is CCOc1ccc(CNCc2ncon2)cc1OC. The van der Waals surface area contributed by atoms with E-state index in [1.165, 1.54) is 6.39 Å². The summed E-state index contributed by atoms with van der Waals surface area (Å²) >= 11 is 0. The first-order valence-electron chi connectivity index (χ1n) is 6.09. The molecule has 0 aliphatic rings. The molecule has 1 aromatic carbocycles. The van der Waals surface area contributed by atoms with E-state index in [1.807, 2.05) is 25.1 Å². The molecule has 0 saturated carbocycles. The number of methoxy groups -OCH3 is 1. The summed E-state index contributed by atoms with van der Waals surface area (Å²) in [6, 6.07) is 5.86. The average molecular weight is 263 g/mol. The maximum Gasteiger partial charge on any atom is 0.213 e. The van der Waals surface area contributed by atoms with Crippen LogP contribution < -0.4 is 14.8 Å². The van der Waals surface area contributed by atoms with Crippen molar-refractivity contribution in [2.75, 3.05) is 13.7 Å². The molecular formula is C13H17N3O3. The number of hydrogen-bond donors (Lipinski definition) is 1. The summed E-state index contributed by atoms with van der Waals surface area (Å²) in [6.45, 7) is 3.81. The summed E-state index contributed by atoms with van der Waals surface area (Å²) in [5, 5.41) is 6.95. The van der Waals surface area contributed by atoms with Crippen molar-refractivity contribution in [2.24, 2.45) is 0 Å². The monoisotopic (exact) mass is 263 g/mol. The van der Waals surface area contributed by atoms with Gasteiger partial charge in [-0.1, -0.05) is 11.2 Å². The van der Waals surface area contributed by atoms with Crippen LogP contribution in [0.1, 0.15) is 18.3 Å². The Bertz CT molecular complexity index is 500. The third-order valence-corrected chi connectivity index (χ3v) is 2.55. The number of hydrogen-bond acceptors (Lipinski definition) is 6. The minimum atomic E-state index is 0.562. The molecule has 6 heteroatoms. The number of nitrogens with one attached hydrogen (secondary N) is 1. The molecule has 102 valence electrons. The normalized spacial score (nSPS) is 10.4. The highest BCUT2D eigenvalue weighted by Crippen LogP contribution is 2.27. The molecule has 0 fully saturated rings. The van der Waals surface area contributed by atoms with Gasteiger partial charge in [0.25, 0.3) is 0 Å². The highest BCUT2D eigenvalue weighted by Gasteiger charge is 2.05. The van der Waals surface area contributed by atoms with Crippen molar-refractivity contribution in [1.29, 1.82) is 0 Å². The Hall–Kier alpha value is -2.08. The van der Waals surface area contributed by atoms with Crippen LogP contribution in [0.2, 0.25) is 0 Å². The molecule has 6 nitrogen and oxygen atoms in total. The molecule has 1 heterocycles. The fourth-order valence-corrected chi connectivity index (χ4v) is 1.69. The van der Waals surface area contributed by atoms with Gasteiger partial charge < -0.3 is 19.3 Å².